The van der Waals surface area contributed by atoms with Crippen LogP contribution in [0, 0.1) is 5.92 Å². The number of anilines is 1. The zero-order valence-corrected chi connectivity index (χ0v) is 15.8. The second-order valence-corrected chi connectivity index (χ2v) is 9.23. The third-order valence-electron chi connectivity index (χ3n) is 4.75. The maximum Gasteiger partial charge on any atom is 0.229 e. The van der Waals surface area contributed by atoms with E-state index < -0.39 is 0 Å². The topological polar surface area (TPSA) is 59.0 Å². The van der Waals surface area contributed by atoms with Gasteiger partial charge >= 0.3 is 0 Å². The van der Waals surface area contributed by atoms with E-state index in [0.717, 1.165) is 17.8 Å². The SMILES string of the molecule is Cn1cc([C@H]2CNC[C@@H]2C(=O)Nc2cccc(C3SCCS3)c2)cn1. The monoisotopic (exact) mass is 374 g/mol. The Hall–Kier alpha value is -1.44. The van der Waals surface area contributed by atoms with Gasteiger partial charge in [0.15, 0.2) is 0 Å². The molecule has 5 nitrogen and oxygen atoms in total. The van der Waals surface area contributed by atoms with Crippen molar-refractivity contribution < 1.29 is 4.79 Å². The van der Waals surface area contributed by atoms with Gasteiger partial charge in [-0.05, 0) is 23.3 Å². The fourth-order valence-corrected chi connectivity index (χ4v) is 6.32. The molecule has 0 unspecified atom stereocenters. The van der Waals surface area contributed by atoms with Gasteiger partial charge in [0, 0.05) is 49.4 Å². The molecule has 2 fully saturated rings. The first kappa shape index (κ1) is 17.0. The minimum Gasteiger partial charge on any atom is -0.326 e. The van der Waals surface area contributed by atoms with Crippen molar-refractivity contribution in [2.75, 3.05) is 29.9 Å². The summed E-state index contributed by atoms with van der Waals surface area (Å²) >= 11 is 3.96. The molecule has 2 aliphatic rings. The summed E-state index contributed by atoms with van der Waals surface area (Å²) in [6, 6.07) is 8.29. The highest BCUT2D eigenvalue weighted by atomic mass is 32.2. The van der Waals surface area contributed by atoms with Gasteiger partial charge < -0.3 is 10.6 Å². The van der Waals surface area contributed by atoms with Crippen LogP contribution in [0.2, 0.25) is 0 Å². The summed E-state index contributed by atoms with van der Waals surface area (Å²) in [4.78, 5) is 12.8. The van der Waals surface area contributed by atoms with Crippen LogP contribution in [0.15, 0.2) is 36.7 Å². The molecule has 3 heterocycles. The highest BCUT2D eigenvalue weighted by molar-refractivity contribution is 8.19. The largest absolute Gasteiger partial charge is 0.326 e. The molecular weight excluding hydrogens is 352 g/mol. The van der Waals surface area contributed by atoms with Gasteiger partial charge in [-0.3, -0.25) is 9.48 Å². The molecule has 2 atom stereocenters. The fraction of sp³-hybridized carbons (Fsp3) is 0.444. The highest BCUT2D eigenvalue weighted by Crippen LogP contribution is 2.45. The standard InChI is InChI=1S/C18H22N4OS2/c1-22-11-13(8-20-22)15-9-19-10-16(15)17(23)21-14-4-2-3-12(7-14)18-24-5-6-25-18/h2-4,7-8,11,15-16,18-19H,5-6,9-10H2,1H3,(H,21,23)/t15-,16+/m1/s1. The second-order valence-electron chi connectivity index (χ2n) is 6.51. The molecule has 2 aromatic rings. The Balaban J connectivity index is 1.47. The van der Waals surface area contributed by atoms with E-state index in [9.17, 15) is 4.79 Å². The smallest absolute Gasteiger partial charge is 0.229 e. The van der Waals surface area contributed by atoms with Crippen molar-refractivity contribution in [2.24, 2.45) is 13.0 Å². The molecule has 0 spiro atoms. The number of hydrogen-bond acceptors (Lipinski definition) is 5. The van der Waals surface area contributed by atoms with E-state index in [1.807, 2.05) is 55.1 Å². The molecule has 4 rings (SSSR count). The lowest BCUT2D eigenvalue weighted by Crippen LogP contribution is -2.28. The molecule has 0 bridgehead atoms. The number of nitrogens with one attached hydrogen (secondary N) is 2. The number of hydrogen-bond donors (Lipinski definition) is 2. The third kappa shape index (κ3) is 3.73. The van der Waals surface area contributed by atoms with Crippen LogP contribution in [0.1, 0.15) is 21.6 Å². The molecular formula is C18H22N4OS2. The number of rotatable bonds is 4. The lowest BCUT2D eigenvalue weighted by molar-refractivity contribution is -0.119. The summed E-state index contributed by atoms with van der Waals surface area (Å²) in [5.41, 5.74) is 3.31. The summed E-state index contributed by atoms with van der Waals surface area (Å²) in [7, 11) is 1.91. The fourth-order valence-electron chi connectivity index (χ4n) is 3.48. The highest BCUT2D eigenvalue weighted by Gasteiger charge is 2.34. The molecule has 1 amide bonds. The molecule has 2 aliphatic heterocycles. The van der Waals surface area contributed by atoms with Gasteiger partial charge in [-0.25, -0.2) is 0 Å². The van der Waals surface area contributed by atoms with Crippen LogP contribution in [-0.2, 0) is 11.8 Å². The van der Waals surface area contributed by atoms with Crippen LogP contribution in [0.4, 0.5) is 5.69 Å². The molecule has 25 heavy (non-hydrogen) atoms. The lowest BCUT2D eigenvalue weighted by atomic mass is 9.90. The van der Waals surface area contributed by atoms with Crippen molar-refractivity contribution in [3.63, 3.8) is 0 Å². The van der Waals surface area contributed by atoms with E-state index >= 15 is 0 Å². The summed E-state index contributed by atoms with van der Waals surface area (Å²) < 4.78 is 2.29. The molecule has 0 radical (unpaired) electrons. The number of aromatic nitrogens is 2. The van der Waals surface area contributed by atoms with Gasteiger partial charge in [0.05, 0.1) is 16.7 Å². The molecule has 132 valence electrons. The number of aryl methyl sites for hydroxylation is 1. The Bertz CT molecular complexity index is 757. The number of carbonyl (C=O) groups excluding carboxylic acids is 1. The van der Waals surface area contributed by atoms with E-state index in [4.69, 9.17) is 0 Å². The van der Waals surface area contributed by atoms with Crippen molar-refractivity contribution in [1.29, 1.82) is 0 Å². The van der Waals surface area contributed by atoms with Crippen molar-refractivity contribution in [1.82, 2.24) is 15.1 Å². The van der Waals surface area contributed by atoms with E-state index in [0.29, 0.717) is 11.1 Å². The molecule has 0 saturated carbocycles. The Kier molecular flexibility index (Phi) is 5.05. The predicted molar refractivity (Wildman–Crippen MR) is 105 cm³/mol. The van der Waals surface area contributed by atoms with Gasteiger partial charge in [0.25, 0.3) is 0 Å². The van der Waals surface area contributed by atoms with Crippen molar-refractivity contribution in [3.8, 4) is 0 Å². The zero-order valence-electron chi connectivity index (χ0n) is 14.1. The number of carbonyl (C=O) groups is 1. The zero-order chi connectivity index (χ0) is 17.2. The number of benzene rings is 1. The first-order valence-corrected chi connectivity index (χ1v) is 10.6. The summed E-state index contributed by atoms with van der Waals surface area (Å²) in [5, 5.41) is 10.7. The van der Waals surface area contributed by atoms with Crippen LogP contribution in [0.25, 0.3) is 0 Å². The Labute approximate surface area is 156 Å². The van der Waals surface area contributed by atoms with Crippen LogP contribution in [-0.4, -0.2) is 40.3 Å². The molecule has 0 aliphatic carbocycles. The van der Waals surface area contributed by atoms with Crippen molar-refractivity contribution in [2.45, 2.75) is 10.5 Å². The van der Waals surface area contributed by atoms with E-state index in [2.05, 4.69) is 27.9 Å². The molecule has 2 saturated heterocycles. The average Bonchev–Trinajstić information content (AvgIpc) is 3.36. The van der Waals surface area contributed by atoms with E-state index in [-0.39, 0.29) is 17.7 Å². The van der Waals surface area contributed by atoms with Crippen molar-refractivity contribution >= 4 is 35.1 Å². The first-order valence-electron chi connectivity index (χ1n) is 8.54. The normalized spacial score (nSPS) is 23.9. The number of amides is 1. The first-order chi connectivity index (χ1) is 12.2. The van der Waals surface area contributed by atoms with Crippen LogP contribution >= 0.6 is 23.5 Å². The summed E-state index contributed by atoms with van der Waals surface area (Å²) in [5.74, 6) is 2.60. The maximum atomic E-state index is 12.8. The van der Waals surface area contributed by atoms with Gasteiger partial charge in [-0.15, -0.1) is 23.5 Å². The minimum atomic E-state index is -0.0666. The molecule has 7 heteroatoms. The summed E-state index contributed by atoms with van der Waals surface area (Å²) in [6.45, 7) is 1.53. The third-order valence-corrected chi connectivity index (χ3v) is 7.86. The van der Waals surface area contributed by atoms with Gasteiger partial charge in [0.2, 0.25) is 5.91 Å². The Morgan fingerprint density at radius 2 is 2.12 bits per heavy atom. The minimum absolute atomic E-state index is 0.0666. The lowest BCUT2D eigenvalue weighted by Gasteiger charge is -2.18. The Morgan fingerprint density at radius 3 is 2.88 bits per heavy atom. The van der Waals surface area contributed by atoms with E-state index in [1.165, 1.54) is 17.1 Å². The van der Waals surface area contributed by atoms with Gasteiger partial charge in [0.1, 0.15) is 0 Å². The Morgan fingerprint density at radius 1 is 1.28 bits per heavy atom. The second kappa shape index (κ2) is 7.43. The van der Waals surface area contributed by atoms with Crippen LogP contribution < -0.4 is 10.6 Å². The maximum absolute atomic E-state index is 12.8. The van der Waals surface area contributed by atoms with Crippen LogP contribution in [0.5, 0.6) is 0 Å². The number of thioether (sulfide) groups is 2. The van der Waals surface area contributed by atoms with Crippen molar-refractivity contribution in [3.05, 3.63) is 47.8 Å². The number of nitrogens with zero attached hydrogens (tertiary/aromatic N) is 2. The molecule has 1 aromatic heterocycles. The quantitative estimate of drug-likeness (QED) is 0.862. The van der Waals surface area contributed by atoms with Gasteiger partial charge in [-0.1, -0.05) is 12.1 Å². The molecule has 2 N–H and O–H groups in total. The van der Waals surface area contributed by atoms with Gasteiger partial charge in [-0.2, -0.15) is 5.10 Å². The molecule has 1 aromatic carbocycles. The average molecular weight is 375 g/mol. The predicted octanol–water partition coefficient (Wildman–Crippen LogP) is 2.84. The summed E-state index contributed by atoms with van der Waals surface area (Å²) in [6.07, 6.45) is 3.88. The van der Waals surface area contributed by atoms with Crippen LogP contribution in [0.3, 0.4) is 0 Å². The van der Waals surface area contributed by atoms with E-state index in [1.54, 1.807) is 4.68 Å².